The zero-order chi connectivity index (χ0) is 26.2. The highest BCUT2D eigenvalue weighted by Gasteiger charge is 2.27. The van der Waals surface area contributed by atoms with E-state index in [1.165, 1.54) is 0 Å². The van der Waals surface area contributed by atoms with Crippen molar-refractivity contribution in [2.75, 3.05) is 26.2 Å². The number of piperidine rings is 2. The molecule has 9 radical (unpaired) electrons. The summed E-state index contributed by atoms with van der Waals surface area (Å²) in [4.78, 5) is 26.3. The summed E-state index contributed by atoms with van der Waals surface area (Å²) in [5.74, 6) is 0. The van der Waals surface area contributed by atoms with Crippen LogP contribution in [0.2, 0.25) is 0 Å². The van der Waals surface area contributed by atoms with Crippen molar-refractivity contribution in [1.29, 1.82) is 0 Å². The van der Waals surface area contributed by atoms with E-state index in [4.69, 9.17) is 9.47 Å². The summed E-state index contributed by atoms with van der Waals surface area (Å²) >= 11 is 0. The summed E-state index contributed by atoms with van der Waals surface area (Å²) < 4.78 is 23.2. The molecule has 0 atom stereocenters. The van der Waals surface area contributed by atoms with Gasteiger partial charge >= 0.3 is 12.2 Å². The monoisotopic (exact) mass is 459 g/mol. The van der Waals surface area contributed by atoms with Crippen LogP contribution in [-0.2, 0) is 9.47 Å². The number of halogens is 1. The van der Waals surface area contributed by atoms with Crippen LogP contribution in [0.5, 0.6) is 0 Å². The second-order valence-electron chi connectivity index (χ2n) is 9.53. The Bertz CT molecular complexity index is 488. The molecule has 0 spiro atoms. The predicted octanol–water partition coefficient (Wildman–Crippen LogP) is 1.83. The Morgan fingerprint density at radius 3 is 1.36 bits per heavy atom. The Kier molecular flexibility index (Phi) is 17.7. The van der Waals surface area contributed by atoms with Crippen molar-refractivity contribution in [2.45, 2.75) is 90.7 Å². The lowest BCUT2D eigenvalue weighted by molar-refractivity contribution is 0.00986. The van der Waals surface area contributed by atoms with Crippen LogP contribution in [0.4, 0.5) is 14.0 Å². The van der Waals surface area contributed by atoms with Crippen molar-refractivity contribution in [3.63, 3.8) is 0 Å². The molecule has 1 N–H and O–H groups in total. The maximum atomic E-state index is 12.8. The van der Waals surface area contributed by atoms with E-state index >= 15 is 0 Å². The Morgan fingerprint density at radius 1 is 0.818 bits per heavy atom. The van der Waals surface area contributed by atoms with Crippen molar-refractivity contribution in [3.05, 3.63) is 0 Å². The molecule has 2 fully saturated rings. The molecule has 0 saturated carbocycles. The third kappa shape index (κ3) is 18.8. The van der Waals surface area contributed by atoms with Gasteiger partial charge in [0, 0.05) is 64.2 Å². The second kappa shape index (κ2) is 17.2. The smallest absolute Gasteiger partial charge is 0.410 e. The maximum Gasteiger partial charge on any atom is 0.410 e. The Balaban J connectivity index is 0. The van der Waals surface area contributed by atoms with E-state index in [1.807, 2.05) is 41.5 Å². The van der Waals surface area contributed by atoms with Gasteiger partial charge in [0.2, 0.25) is 0 Å². The number of likely N-dealkylation sites (tertiary alicyclic amines) is 2. The number of hydrogen-bond acceptors (Lipinski definition) is 5. The molecule has 33 heavy (non-hydrogen) atoms. The number of nitrogens with zero attached hydrogens (tertiary/aromatic N) is 2. The van der Waals surface area contributed by atoms with Crippen LogP contribution in [0, 0.1) is 0 Å². The van der Waals surface area contributed by atoms with Gasteiger partial charge in [0.15, 0.2) is 0 Å². The largest absolute Gasteiger partial charge is 0.444 e. The summed E-state index contributed by atoms with van der Waals surface area (Å²) in [6.45, 7) is 13.2. The van der Waals surface area contributed by atoms with Gasteiger partial charge in [-0.3, -0.25) is 0 Å². The molecule has 2 heterocycles. The van der Waals surface area contributed by atoms with Crippen LogP contribution in [0.3, 0.4) is 0 Å². The van der Waals surface area contributed by atoms with Gasteiger partial charge < -0.3 is 24.4 Å². The number of hydrogen-bond donors (Lipinski definition) is 1. The number of amides is 2. The number of aliphatic hydroxyl groups is 1. The zero-order valence-corrected chi connectivity index (χ0v) is 21.1. The standard InChI is InChI=1S/C10H18FNO2.C10H19NO3.B3.B2/c1-10(2,3)14-9(13)12-6-4-8(11)5-7-12;1-10(2,3)14-9(13)11-6-4-8(12)5-7-11;1-3-2;1-2/h8H,4-7H2,1-3H3;8,12H,4-7H2,1-3H3;;. The fourth-order valence-corrected chi connectivity index (χ4v) is 2.73. The predicted molar refractivity (Wildman–Crippen MR) is 134 cm³/mol. The van der Waals surface area contributed by atoms with Gasteiger partial charge in [-0.1, -0.05) is 0 Å². The molecule has 2 aliphatic rings. The molecule has 2 saturated heterocycles. The number of aliphatic hydroxyl groups excluding tert-OH is 1. The molecule has 2 aliphatic heterocycles. The molecule has 0 aromatic carbocycles. The third-order valence-corrected chi connectivity index (χ3v) is 4.19. The molecule has 2 rings (SSSR count). The van der Waals surface area contributed by atoms with Gasteiger partial charge in [0.25, 0.3) is 0 Å². The fraction of sp³-hybridized carbons (Fsp3) is 0.900. The molecule has 0 bridgehead atoms. The highest BCUT2D eigenvalue weighted by molar-refractivity contribution is 7.17. The second-order valence-corrected chi connectivity index (χ2v) is 9.53. The Hall–Kier alpha value is -1.25. The summed E-state index contributed by atoms with van der Waals surface area (Å²) in [5, 5.41) is 9.26. The minimum absolute atomic E-state index is 0.256. The van der Waals surface area contributed by atoms with Crippen molar-refractivity contribution < 1.29 is 28.6 Å². The third-order valence-electron chi connectivity index (χ3n) is 4.19. The number of rotatable bonds is 0. The van der Waals surface area contributed by atoms with Crippen LogP contribution in [0.1, 0.15) is 67.2 Å². The van der Waals surface area contributed by atoms with Crippen LogP contribution < -0.4 is 0 Å². The Labute approximate surface area is 205 Å². The summed E-state index contributed by atoms with van der Waals surface area (Å²) in [5.41, 5.74) is -0.906. The highest BCUT2D eigenvalue weighted by Crippen LogP contribution is 2.17. The number of ether oxygens (including phenoxy) is 2. The van der Waals surface area contributed by atoms with E-state index in [9.17, 15) is 19.1 Å². The van der Waals surface area contributed by atoms with E-state index in [0.717, 1.165) is 7.06 Å². The first-order chi connectivity index (χ1) is 15.2. The lowest BCUT2D eigenvalue weighted by Gasteiger charge is -2.31. The first-order valence-electron chi connectivity index (χ1n) is 11.0. The van der Waals surface area contributed by atoms with Gasteiger partial charge in [-0.2, -0.15) is 0 Å². The van der Waals surface area contributed by atoms with Gasteiger partial charge in [-0.15, -0.1) is 0 Å². The SMILES string of the molecule is CC(C)(C)OC(=O)N1CCC(F)CC1.CC(C)(C)OC(=O)N1CCC(O)CC1.[B][B].[B][B][B]. The van der Waals surface area contributed by atoms with Gasteiger partial charge in [-0.05, 0) is 67.2 Å². The first kappa shape index (κ1) is 33.9. The van der Waals surface area contributed by atoms with Crippen LogP contribution in [0.25, 0.3) is 0 Å². The number of carbonyl (C=O) groups excluding carboxylic acids is 2. The van der Waals surface area contributed by atoms with Crippen molar-refractivity contribution in [1.82, 2.24) is 9.80 Å². The topological polar surface area (TPSA) is 79.3 Å². The van der Waals surface area contributed by atoms with Crippen LogP contribution in [-0.4, -0.2) is 115 Å². The van der Waals surface area contributed by atoms with Gasteiger partial charge in [-0.25, -0.2) is 14.0 Å². The molecule has 7 nitrogen and oxygen atoms in total. The first-order valence-corrected chi connectivity index (χ1v) is 11.0. The molecule has 0 aromatic heterocycles. The van der Waals surface area contributed by atoms with E-state index in [0.29, 0.717) is 51.9 Å². The zero-order valence-electron chi connectivity index (χ0n) is 21.1. The molecule has 0 aliphatic carbocycles. The summed E-state index contributed by atoms with van der Waals surface area (Å²) in [6, 6.07) is 0. The lowest BCUT2D eigenvalue weighted by atomic mass is 9.40. The molecule has 13 heteroatoms. The molecular weight excluding hydrogens is 421 g/mol. The Morgan fingerprint density at radius 2 is 1.09 bits per heavy atom. The molecule has 0 aromatic rings. The minimum atomic E-state index is -0.756. The average Bonchev–Trinajstić information content (AvgIpc) is 2.69. The molecule has 0 unspecified atom stereocenters. The quantitative estimate of drug-likeness (QED) is 0.561. The van der Waals surface area contributed by atoms with Crippen molar-refractivity contribution in [2.24, 2.45) is 0 Å². The molecule has 179 valence electrons. The average molecular weight is 459 g/mol. The maximum absolute atomic E-state index is 12.8. The summed E-state index contributed by atoms with van der Waals surface area (Å²) in [6.07, 6.45) is 0.549. The van der Waals surface area contributed by atoms with E-state index in [1.54, 1.807) is 9.80 Å². The van der Waals surface area contributed by atoms with Crippen LogP contribution in [0.15, 0.2) is 0 Å². The minimum Gasteiger partial charge on any atom is -0.444 e. The lowest BCUT2D eigenvalue weighted by Crippen LogP contribution is -2.42. The fourth-order valence-electron chi connectivity index (χ4n) is 2.73. The van der Waals surface area contributed by atoms with E-state index < -0.39 is 17.4 Å². The van der Waals surface area contributed by atoms with Crippen molar-refractivity contribution >= 4 is 50.2 Å². The van der Waals surface area contributed by atoms with E-state index in [-0.39, 0.29) is 18.3 Å². The van der Waals surface area contributed by atoms with Crippen LogP contribution >= 0.6 is 0 Å². The van der Waals surface area contributed by atoms with Crippen molar-refractivity contribution in [3.8, 4) is 0 Å². The molecule has 2 amide bonds. The molecular formula is C20H37B5FN2O5. The van der Waals surface area contributed by atoms with Gasteiger partial charge in [0.05, 0.1) is 6.10 Å². The number of alkyl halides is 1. The highest BCUT2D eigenvalue weighted by atomic mass is 19.1. The van der Waals surface area contributed by atoms with Gasteiger partial charge in [0.1, 0.15) is 17.4 Å². The summed E-state index contributed by atoms with van der Waals surface area (Å²) in [7, 11) is 18.0. The van der Waals surface area contributed by atoms with E-state index in [2.05, 4.69) is 30.9 Å². The number of carbonyl (C=O) groups is 2. The normalized spacial score (nSPS) is 17.1.